The molecule has 1 aliphatic heterocycles. The second-order valence-electron chi connectivity index (χ2n) is 5.33. The molecule has 0 saturated carbocycles. The third kappa shape index (κ3) is 5.17. The van der Waals surface area contributed by atoms with E-state index in [0.717, 1.165) is 11.5 Å². The van der Waals surface area contributed by atoms with Gasteiger partial charge in [-0.05, 0) is 42.0 Å². The number of esters is 1. The number of rotatable bonds is 5. The lowest BCUT2D eigenvalue weighted by Crippen LogP contribution is -2.20. The Morgan fingerprint density at radius 2 is 1.68 bits per heavy atom. The maximum absolute atomic E-state index is 12.0. The number of hydrogen-bond acceptors (Lipinski definition) is 5. The van der Waals surface area contributed by atoms with Crippen LogP contribution in [0.25, 0.3) is 0 Å². The van der Waals surface area contributed by atoms with Crippen LogP contribution in [0.2, 0.25) is 5.02 Å². The Labute approximate surface area is 159 Å². The highest BCUT2D eigenvalue weighted by Gasteiger charge is 2.18. The number of nitrogens with one attached hydrogen (secondary N) is 1. The number of thioether (sulfide) groups is 2. The van der Waals surface area contributed by atoms with Gasteiger partial charge in [0.1, 0.15) is 0 Å². The first kappa shape index (κ1) is 18.2. The molecule has 0 atom stereocenters. The summed E-state index contributed by atoms with van der Waals surface area (Å²) in [4.78, 5) is 23.9. The molecule has 25 heavy (non-hydrogen) atoms. The van der Waals surface area contributed by atoms with Crippen molar-refractivity contribution in [1.82, 2.24) is 0 Å². The van der Waals surface area contributed by atoms with Crippen LogP contribution in [0.3, 0.4) is 0 Å². The first-order valence-electron chi connectivity index (χ1n) is 7.67. The monoisotopic (exact) mass is 393 g/mol. The number of benzene rings is 2. The molecule has 0 unspecified atom stereocenters. The van der Waals surface area contributed by atoms with Crippen LogP contribution in [0.1, 0.15) is 20.5 Å². The minimum absolute atomic E-state index is 0.336. The van der Waals surface area contributed by atoms with Crippen molar-refractivity contribution in [1.29, 1.82) is 0 Å². The van der Waals surface area contributed by atoms with E-state index in [9.17, 15) is 9.59 Å². The van der Waals surface area contributed by atoms with Crippen LogP contribution in [0.4, 0.5) is 5.69 Å². The lowest BCUT2D eigenvalue weighted by atomic mass is 10.1. The van der Waals surface area contributed by atoms with E-state index in [1.807, 2.05) is 35.7 Å². The Balaban J connectivity index is 1.49. The molecule has 1 saturated heterocycles. The number of halogens is 1. The zero-order valence-electron chi connectivity index (χ0n) is 13.2. The quantitative estimate of drug-likeness (QED) is 0.751. The van der Waals surface area contributed by atoms with Crippen molar-refractivity contribution < 1.29 is 14.3 Å². The van der Waals surface area contributed by atoms with Gasteiger partial charge in [0.05, 0.1) is 10.1 Å². The van der Waals surface area contributed by atoms with Gasteiger partial charge < -0.3 is 10.1 Å². The number of anilines is 1. The Kier molecular flexibility index (Phi) is 6.29. The predicted octanol–water partition coefficient (Wildman–Crippen LogP) is 4.61. The number of hydrogen-bond donors (Lipinski definition) is 1. The first-order valence-corrected chi connectivity index (χ1v) is 10.1. The molecule has 2 aromatic carbocycles. The Morgan fingerprint density at radius 1 is 1.04 bits per heavy atom. The maximum atomic E-state index is 12.0. The molecule has 0 spiro atoms. The van der Waals surface area contributed by atoms with E-state index in [0.29, 0.717) is 20.9 Å². The molecule has 1 fully saturated rings. The maximum Gasteiger partial charge on any atom is 0.338 e. The molecule has 2 aromatic rings. The lowest BCUT2D eigenvalue weighted by molar-refractivity contribution is -0.119. The van der Waals surface area contributed by atoms with Gasteiger partial charge in [-0.2, -0.15) is 0 Å². The third-order valence-electron chi connectivity index (χ3n) is 3.50. The molecular formula is C18H16ClNO3S2. The van der Waals surface area contributed by atoms with E-state index in [1.54, 1.807) is 36.4 Å². The van der Waals surface area contributed by atoms with Gasteiger partial charge >= 0.3 is 5.97 Å². The van der Waals surface area contributed by atoms with Crippen molar-refractivity contribution >= 4 is 52.7 Å². The van der Waals surface area contributed by atoms with E-state index < -0.39 is 11.9 Å². The van der Waals surface area contributed by atoms with Crippen molar-refractivity contribution in [3.63, 3.8) is 0 Å². The normalized spacial score (nSPS) is 14.3. The van der Waals surface area contributed by atoms with Crippen molar-refractivity contribution in [2.45, 2.75) is 4.58 Å². The van der Waals surface area contributed by atoms with Gasteiger partial charge in [-0.1, -0.05) is 23.7 Å². The lowest BCUT2D eigenvalue weighted by Gasteiger charge is -2.09. The Hall–Kier alpha value is -1.63. The molecule has 0 radical (unpaired) electrons. The van der Waals surface area contributed by atoms with E-state index in [2.05, 4.69) is 5.32 Å². The van der Waals surface area contributed by atoms with Crippen LogP contribution in [-0.2, 0) is 9.53 Å². The summed E-state index contributed by atoms with van der Waals surface area (Å²) in [6, 6.07) is 14.1. The second kappa shape index (κ2) is 8.65. The second-order valence-corrected chi connectivity index (χ2v) is 8.49. The van der Waals surface area contributed by atoms with E-state index in [1.165, 1.54) is 5.56 Å². The number of amides is 1. The van der Waals surface area contributed by atoms with Crippen LogP contribution >= 0.6 is 35.1 Å². The summed E-state index contributed by atoms with van der Waals surface area (Å²) in [5.41, 5.74) is 2.24. The fourth-order valence-corrected chi connectivity index (χ4v) is 5.26. The molecule has 130 valence electrons. The number of ether oxygens (including phenoxy) is 1. The summed E-state index contributed by atoms with van der Waals surface area (Å²) >= 11 is 9.61. The molecule has 3 rings (SSSR count). The Bertz CT molecular complexity index is 744. The summed E-state index contributed by atoms with van der Waals surface area (Å²) in [6.07, 6.45) is 0. The van der Waals surface area contributed by atoms with Gasteiger partial charge in [-0.25, -0.2) is 4.79 Å². The summed E-state index contributed by atoms with van der Waals surface area (Å²) in [7, 11) is 0. The zero-order chi connectivity index (χ0) is 17.6. The predicted molar refractivity (Wildman–Crippen MR) is 104 cm³/mol. The molecule has 1 amide bonds. The molecule has 1 N–H and O–H groups in total. The van der Waals surface area contributed by atoms with E-state index >= 15 is 0 Å². The topological polar surface area (TPSA) is 55.4 Å². The summed E-state index contributed by atoms with van der Waals surface area (Å²) in [6.45, 7) is -0.336. The van der Waals surface area contributed by atoms with Crippen molar-refractivity contribution in [3.8, 4) is 0 Å². The van der Waals surface area contributed by atoms with Crippen LogP contribution in [0, 0.1) is 0 Å². The van der Waals surface area contributed by atoms with Crippen LogP contribution in [0.15, 0.2) is 48.5 Å². The van der Waals surface area contributed by atoms with Crippen LogP contribution in [-0.4, -0.2) is 30.0 Å². The largest absolute Gasteiger partial charge is 0.452 e. The van der Waals surface area contributed by atoms with Crippen LogP contribution < -0.4 is 5.32 Å². The van der Waals surface area contributed by atoms with E-state index in [4.69, 9.17) is 16.3 Å². The summed E-state index contributed by atoms with van der Waals surface area (Å²) < 4.78 is 5.50. The highest BCUT2D eigenvalue weighted by Crippen LogP contribution is 2.45. The van der Waals surface area contributed by atoms with Crippen molar-refractivity contribution in [2.75, 3.05) is 23.4 Å². The van der Waals surface area contributed by atoms with Gasteiger partial charge in [0.2, 0.25) is 0 Å². The average Bonchev–Trinajstić information content (AvgIpc) is 3.16. The fourth-order valence-electron chi connectivity index (χ4n) is 2.27. The standard InChI is InChI=1S/C18H16ClNO3S2/c19-14-5-7-15(8-6-14)20-16(21)11-23-17(22)12-1-3-13(4-2-12)18-24-9-10-25-18/h1-8,18H,9-11H2,(H,20,21). The van der Waals surface area contributed by atoms with Gasteiger partial charge in [-0.15, -0.1) is 23.5 Å². The van der Waals surface area contributed by atoms with Gasteiger partial charge in [0, 0.05) is 22.2 Å². The molecular weight excluding hydrogens is 378 g/mol. The third-order valence-corrected chi connectivity index (χ3v) is 6.86. The smallest absolute Gasteiger partial charge is 0.338 e. The molecule has 1 aliphatic rings. The zero-order valence-corrected chi connectivity index (χ0v) is 15.6. The number of carbonyl (C=O) groups is 2. The Morgan fingerprint density at radius 3 is 2.32 bits per heavy atom. The molecule has 0 bridgehead atoms. The molecule has 4 nitrogen and oxygen atoms in total. The van der Waals surface area contributed by atoms with Gasteiger partial charge in [0.25, 0.3) is 5.91 Å². The van der Waals surface area contributed by atoms with Gasteiger partial charge in [0.15, 0.2) is 6.61 Å². The summed E-state index contributed by atoms with van der Waals surface area (Å²) in [5, 5.41) is 3.23. The first-order chi connectivity index (χ1) is 12.1. The highest BCUT2D eigenvalue weighted by atomic mass is 35.5. The van der Waals surface area contributed by atoms with Crippen LogP contribution in [0.5, 0.6) is 0 Å². The minimum Gasteiger partial charge on any atom is -0.452 e. The highest BCUT2D eigenvalue weighted by molar-refractivity contribution is 8.19. The van der Waals surface area contributed by atoms with E-state index in [-0.39, 0.29) is 6.61 Å². The molecule has 1 heterocycles. The van der Waals surface area contributed by atoms with Crippen molar-refractivity contribution in [2.24, 2.45) is 0 Å². The van der Waals surface area contributed by atoms with Gasteiger partial charge in [-0.3, -0.25) is 4.79 Å². The molecule has 0 aliphatic carbocycles. The molecule has 7 heteroatoms. The summed E-state index contributed by atoms with van der Waals surface area (Å²) in [5.74, 6) is 1.40. The SMILES string of the molecule is O=C(COC(=O)c1ccc(C2SCCS2)cc1)Nc1ccc(Cl)cc1. The average molecular weight is 394 g/mol. The minimum atomic E-state index is -0.510. The molecule has 0 aromatic heterocycles. The number of carbonyl (C=O) groups excluding carboxylic acids is 2. The fraction of sp³-hybridized carbons (Fsp3) is 0.222. The van der Waals surface area contributed by atoms with Crippen molar-refractivity contribution in [3.05, 3.63) is 64.7 Å².